The number of carbonyl (C=O) groups is 1. The SMILES string of the molecule is O=C(NNc1ccc([N+](=O)[O-])cn1)c1ccc(F)c(F)c1F. The summed E-state index contributed by atoms with van der Waals surface area (Å²) in [6.45, 7) is 0. The smallest absolute Gasteiger partial charge is 0.282 e. The van der Waals surface area contributed by atoms with Crippen molar-refractivity contribution in [2.45, 2.75) is 0 Å². The maximum atomic E-state index is 13.4. The van der Waals surface area contributed by atoms with Gasteiger partial charge in [-0.15, -0.1) is 0 Å². The third kappa shape index (κ3) is 3.11. The van der Waals surface area contributed by atoms with Crippen LogP contribution < -0.4 is 10.9 Å². The van der Waals surface area contributed by atoms with Gasteiger partial charge in [0, 0.05) is 6.07 Å². The van der Waals surface area contributed by atoms with Gasteiger partial charge in [0.05, 0.1) is 10.5 Å². The van der Waals surface area contributed by atoms with Crippen LogP contribution in [0, 0.1) is 27.6 Å². The van der Waals surface area contributed by atoms with E-state index in [1.165, 1.54) is 6.07 Å². The number of aromatic nitrogens is 1. The van der Waals surface area contributed by atoms with Crippen molar-refractivity contribution in [2.24, 2.45) is 0 Å². The summed E-state index contributed by atoms with van der Waals surface area (Å²) in [6, 6.07) is 3.70. The highest BCUT2D eigenvalue weighted by Gasteiger charge is 2.18. The van der Waals surface area contributed by atoms with E-state index in [0.29, 0.717) is 6.07 Å². The number of benzene rings is 1. The van der Waals surface area contributed by atoms with Gasteiger partial charge in [-0.05, 0) is 18.2 Å². The van der Waals surface area contributed by atoms with Crippen molar-refractivity contribution < 1.29 is 22.9 Å². The van der Waals surface area contributed by atoms with E-state index in [1.807, 2.05) is 5.43 Å². The van der Waals surface area contributed by atoms with Crippen LogP contribution in [-0.4, -0.2) is 15.8 Å². The molecule has 22 heavy (non-hydrogen) atoms. The van der Waals surface area contributed by atoms with E-state index in [-0.39, 0.29) is 11.5 Å². The molecule has 10 heteroatoms. The third-order valence-corrected chi connectivity index (χ3v) is 2.54. The average Bonchev–Trinajstić information content (AvgIpc) is 2.51. The van der Waals surface area contributed by atoms with Gasteiger partial charge in [-0.2, -0.15) is 0 Å². The number of pyridine rings is 1. The summed E-state index contributed by atoms with van der Waals surface area (Å²) in [5.74, 6) is -5.85. The first-order valence-corrected chi connectivity index (χ1v) is 5.70. The van der Waals surface area contributed by atoms with Crippen molar-refractivity contribution in [3.63, 3.8) is 0 Å². The molecule has 2 aromatic rings. The number of rotatable bonds is 4. The minimum absolute atomic E-state index is 0.0296. The molecule has 0 atom stereocenters. The molecule has 7 nitrogen and oxygen atoms in total. The van der Waals surface area contributed by atoms with Crippen LogP contribution >= 0.6 is 0 Å². The summed E-state index contributed by atoms with van der Waals surface area (Å²) >= 11 is 0. The van der Waals surface area contributed by atoms with E-state index in [9.17, 15) is 28.1 Å². The Morgan fingerprint density at radius 3 is 2.45 bits per heavy atom. The summed E-state index contributed by atoms with van der Waals surface area (Å²) in [6.07, 6.45) is 0.937. The van der Waals surface area contributed by atoms with E-state index in [4.69, 9.17) is 0 Å². The zero-order chi connectivity index (χ0) is 16.3. The normalized spacial score (nSPS) is 10.1. The van der Waals surface area contributed by atoms with Gasteiger partial charge in [0.25, 0.3) is 11.6 Å². The van der Waals surface area contributed by atoms with Crippen LogP contribution in [0.4, 0.5) is 24.7 Å². The number of hydrogen-bond donors (Lipinski definition) is 2. The van der Waals surface area contributed by atoms with E-state index >= 15 is 0 Å². The number of nitrogens with zero attached hydrogens (tertiary/aromatic N) is 2. The van der Waals surface area contributed by atoms with Crippen LogP contribution in [0.5, 0.6) is 0 Å². The highest BCUT2D eigenvalue weighted by Crippen LogP contribution is 2.15. The van der Waals surface area contributed by atoms with Gasteiger partial charge < -0.3 is 0 Å². The zero-order valence-corrected chi connectivity index (χ0v) is 10.6. The summed E-state index contributed by atoms with van der Waals surface area (Å²) < 4.78 is 39.1. The molecular weight excluding hydrogens is 305 g/mol. The molecule has 0 aliphatic rings. The van der Waals surface area contributed by atoms with Gasteiger partial charge in [0.2, 0.25) is 0 Å². The molecule has 0 saturated carbocycles. The molecular formula is C12H7F3N4O3. The number of carbonyl (C=O) groups excluding carboxylic acids is 1. The molecule has 1 aromatic carbocycles. The molecule has 2 rings (SSSR count). The zero-order valence-electron chi connectivity index (χ0n) is 10.6. The lowest BCUT2D eigenvalue weighted by molar-refractivity contribution is -0.385. The highest BCUT2D eigenvalue weighted by molar-refractivity contribution is 5.95. The van der Waals surface area contributed by atoms with E-state index in [2.05, 4.69) is 10.4 Å². The molecule has 0 fully saturated rings. The molecule has 0 saturated heterocycles. The quantitative estimate of drug-likeness (QED) is 0.512. The van der Waals surface area contributed by atoms with Gasteiger partial charge in [-0.3, -0.25) is 25.8 Å². The van der Waals surface area contributed by atoms with Crippen LogP contribution in [0.15, 0.2) is 30.5 Å². The Labute approximate surface area is 120 Å². The van der Waals surface area contributed by atoms with Gasteiger partial charge in [-0.25, -0.2) is 18.2 Å². The fourth-order valence-electron chi connectivity index (χ4n) is 1.46. The van der Waals surface area contributed by atoms with Crippen LogP contribution in [0.1, 0.15) is 10.4 Å². The molecule has 1 heterocycles. The molecule has 1 amide bonds. The van der Waals surface area contributed by atoms with Gasteiger partial charge in [0.1, 0.15) is 12.0 Å². The minimum Gasteiger partial charge on any atom is -0.282 e. The fourth-order valence-corrected chi connectivity index (χ4v) is 1.46. The molecule has 0 unspecified atom stereocenters. The second-order valence-corrected chi connectivity index (χ2v) is 3.96. The van der Waals surface area contributed by atoms with Crippen LogP contribution in [0.2, 0.25) is 0 Å². The molecule has 2 N–H and O–H groups in total. The summed E-state index contributed by atoms with van der Waals surface area (Å²) in [5, 5.41) is 10.4. The first kappa shape index (κ1) is 15.2. The Bertz CT molecular complexity index is 737. The van der Waals surface area contributed by atoms with Gasteiger partial charge in [0.15, 0.2) is 17.5 Å². The number of nitro groups is 1. The molecule has 0 aliphatic carbocycles. The van der Waals surface area contributed by atoms with Crippen LogP contribution in [0.25, 0.3) is 0 Å². The fraction of sp³-hybridized carbons (Fsp3) is 0. The lowest BCUT2D eigenvalue weighted by Gasteiger charge is -2.08. The molecule has 0 spiro atoms. The number of nitrogens with one attached hydrogen (secondary N) is 2. The molecule has 0 radical (unpaired) electrons. The van der Waals surface area contributed by atoms with Crippen molar-refractivity contribution in [2.75, 3.05) is 5.43 Å². The van der Waals surface area contributed by atoms with Gasteiger partial charge >= 0.3 is 0 Å². The summed E-state index contributed by atoms with van der Waals surface area (Å²) in [4.78, 5) is 25.0. The predicted octanol–water partition coefficient (Wildman–Crippen LogP) is 2.16. The van der Waals surface area contributed by atoms with Crippen molar-refractivity contribution in [3.8, 4) is 0 Å². The second-order valence-electron chi connectivity index (χ2n) is 3.96. The first-order valence-electron chi connectivity index (χ1n) is 5.70. The third-order valence-electron chi connectivity index (χ3n) is 2.54. The summed E-state index contributed by atoms with van der Waals surface area (Å²) in [7, 11) is 0. The summed E-state index contributed by atoms with van der Waals surface area (Å²) in [5.41, 5.74) is 3.28. The number of amides is 1. The topological polar surface area (TPSA) is 97.2 Å². The first-order chi connectivity index (χ1) is 10.4. The van der Waals surface area contributed by atoms with E-state index < -0.39 is 33.8 Å². The standard InChI is InChI=1S/C12H7F3N4O3/c13-8-3-2-7(10(14)11(8)15)12(20)18-17-9-4-1-6(5-16-9)19(21)22/h1-5H,(H,16,17)(H,18,20). The van der Waals surface area contributed by atoms with Crippen molar-refractivity contribution >= 4 is 17.4 Å². The number of anilines is 1. The Hall–Kier alpha value is -3.17. The molecule has 0 bridgehead atoms. The number of hydrogen-bond acceptors (Lipinski definition) is 5. The predicted molar refractivity (Wildman–Crippen MR) is 68.3 cm³/mol. The van der Waals surface area contributed by atoms with E-state index in [1.54, 1.807) is 0 Å². The average molecular weight is 312 g/mol. The molecule has 1 aromatic heterocycles. The Morgan fingerprint density at radius 2 is 1.86 bits per heavy atom. The Morgan fingerprint density at radius 1 is 1.14 bits per heavy atom. The molecule has 0 aliphatic heterocycles. The van der Waals surface area contributed by atoms with Crippen molar-refractivity contribution in [1.29, 1.82) is 0 Å². The maximum Gasteiger partial charge on any atom is 0.287 e. The Kier molecular flexibility index (Phi) is 4.20. The van der Waals surface area contributed by atoms with Crippen LogP contribution in [-0.2, 0) is 0 Å². The number of hydrazine groups is 1. The highest BCUT2D eigenvalue weighted by atomic mass is 19.2. The van der Waals surface area contributed by atoms with Crippen LogP contribution in [0.3, 0.4) is 0 Å². The Balaban J connectivity index is 2.07. The second kappa shape index (κ2) is 6.08. The van der Waals surface area contributed by atoms with E-state index in [0.717, 1.165) is 18.3 Å². The van der Waals surface area contributed by atoms with Crippen molar-refractivity contribution in [3.05, 3.63) is 63.6 Å². The molecule has 114 valence electrons. The monoisotopic (exact) mass is 312 g/mol. The largest absolute Gasteiger partial charge is 0.287 e. The van der Waals surface area contributed by atoms with Gasteiger partial charge in [-0.1, -0.05) is 0 Å². The maximum absolute atomic E-state index is 13.4. The lowest BCUT2D eigenvalue weighted by atomic mass is 10.2. The number of halogens is 3. The minimum atomic E-state index is -1.76. The lowest BCUT2D eigenvalue weighted by Crippen LogP contribution is -2.30. The van der Waals surface area contributed by atoms with Crippen molar-refractivity contribution in [1.82, 2.24) is 10.4 Å².